The van der Waals surface area contributed by atoms with E-state index in [1.165, 1.54) is 25.7 Å². The van der Waals surface area contributed by atoms with E-state index in [-0.39, 0.29) is 23.1 Å². The van der Waals surface area contributed by atoms with Crippen LogP contribution >= 0.6 is 0 Å². The van der Waals surface area contributed by atoms with Crippen LogP contribution in [0.5, 0.6) is 0 Å². The van der Waals surface area contributed by atoms with E-state index in [2.05, 4.69) is 13.3 Å². The molecule has 0 aromatic carbocycles. The largest absolute Gasteiger partial charge is 2.00 e. The first-order valence-electron chi connectivity index (χ1n) is 3.02. The summed E-state index contributed by atoms with van der Waals surface area (Å²) in [6.07, 6.45) is 8.00. The van der Waals surface area contributed by atoms with Gasteiger partial charge in [-0.05, 0) is 0 Å². The molecule has 0 amide bonds. The fraction of sp³-hybridized carbons (Fsp3) is 0.714. The molecule has 0 N–H and O–H groups in total. The molecule has 0 aliphatic heterocycles. The summed E-state index contributed by atoms with van der Waals surface area (Å²) in [4.78, 5) is 0. The van der Waals surface area contributed by atoms with E-state index in [0.29, 0.717) is 0 Å². The molecular formula is C7H14Mg. The minimum Gasteiger partial charge on any atom is -0.346 e. The Morgan fingerprint density at radius 1 is 1.12 bits per heavy atom. The Bertz CT molecular complexity index is 16.0. The third kappa shape index (κ3) is 6.77. The summed E-state index contributed by atoms with van der Waals surface area (Å²) in [6, 6.07) is 0. The van der Waals surface area contributed by atoms with Crippen LogP contribution < -0.4 is 0 Å². The maximum Gasteiger partial charge on any atom is 2.00 e. The standard InChI is InChI=1S/C5H9.C2H5.Mg/c1-2-4-5-3-1;1-2;/h1H,2-5H2;1H2,2H3;/q2*-1;+2. The van der Waals surface area contributed by atoms with Crippen LogP contribution in [0, 0.1) is 13.3 Å². The summed E-state index contributed by atoms with van der Waals surface area (Å²) < 4.78 is 0. The Morgan fingerprint density at radius 2 is 1.50 bits per heavy atom. The van der Waals surface area contributed by atoms with Gasteiger partial charge in [-0.1, -0.05) is 12.8 Å². The van der Waals surface area contributed by atoms with Crippen molar-refractivity contribution in [3.05, 3.63) is 13.3 Å². The molecule has 0 aromatic heterocycles. The van der Waals surface area contributed by atoms with E-state index >= 15 is 0 Å². The Hall–Kier alpha value is 0.766. The van der Waals surface area contributed by atoms with Crippen LogP contribution in [0.25, 0.3) is 0 Å². The Balaban J connectivity index is 0. The van der Waals surface area contributed by atoms with Gasteiger partial charge in [0.15, 0.2) is 0 Å². The molecule has 1 rings (SSSR count). The fourth-order valence-electron chi connectivity index (χ4n) is 0.722. The second-order valence-corrected chi connectivity index (χ2v) is 1.57. The van der Waals surface area contributed by atoms with Gasteiger partial charge >= 0.3 is 23.1 Å². The van der Waals surface area contributed by atoms with Crippen LogP contribution in [-0.4, -0.2) is 23.1 Å². The molecule has 0 heterocycles. The molecule has 1 heteroatoms. The molecule has 0 saturated heterocycles. The predicted molar refractivity (Wildman–Crippen MR) is 39.6 cm³/mol. The van der Waals surface area contributed by atoms with Gasteiger partial charge in [0, 0.05) is 0 Å². The Kier molecular flexibility index (Phi) is 15.4. The van der Waals surface area contributed by atoms with E-state index in [4.69, 9.17) is 0 Å². The summed E-state index contributed by atoms with van der Waals surface area (Å²) in [7, 11) is 0. The van der Waals surface area contributed by atoms with Crippen LogP contribution in [0.15, 0.2) is 0 Å². The van der Waals surface area contributed by atoms with Crippen molar-refractivity contribution < 1.29 is 0 Å². The van der Waals surface area contributed by atoms with Crippen molar-refractivity contribution in [3.63, 3.8) is 0 Å². The monoisotopic (exact) mass is 122 g/mol. The van der Waals surface area contributed by atoms with Crippen molar-refractivity contribution in [3.8, 4) is 0 Å². The molecule has 1 fully saturated rings. The second-order valence-electron chi connectivity index (χ2n) is 1.57. The Labute approximate surface area is 69.2 Å². The van der Waals surface area contributed by atoms with Crippen molar-refractivity contribution in [2.45, 2.75) is 32.6 Å². The quantitative estimate of drug-likeness (QED) is 0.341. The van der Waals surface area contributed by atoms with E-state index in [0.717, 1.165) is 0 Å². The van der Waals surface area contributed by atoms with Gasteiger partial charge in [-0.15, -0.1) is 0 Å². The van der Waals surface area contributed by atoms with Crippen LogP contribution in [0.2, 0.25) is 0 Å². The van der Waals surface area contributed by atoms with Crippen LogP contribution in [0.1, 0.15) is 32.6 Å². The van der Waals surface area contributed by atoms with E-state index in [1.807, 2.05) is 0 Å². The molecule has 0 bridgehead atoms. The third-order valence-corrected chi connectivity index (χ3v) is 1.07. The molecule has 0 atom stereocenters. The van der Waals surface area contributed by atoms with Crippen molar-refractivity contribution >= 4 is 23.1 Å². The number of hydrogen-bond donors (Lipinski definition) is 0. The molecule has 1 saturated carbocycles. The summed E-state index contributed by atoms with van der Waals surface area (Å²) in [5.41, 5.74) is 0. The number of rotatable bonds is 0. The Morgan fingerprint density at radius 3 is 1.62 bits per heavy atom. The van der Waals surface area contributed by atoms with E-state index in [9.17, 15) is 0 Å². The van der Waals surface area contributed by atoms with Gasteiger partial charge < -0.3 is 13.3 Å². The van der Waals surface area contributed by atoms with Crippen molar-refractivity contribution in [2.24, 2.45) is 0 Å². The molecule has 8 heavy (non-hydrogen) atoms. The van der Waals surface area contributed by atoms with Gasteiger partial charge in [0.2, 0.25) is 0 Å². The predicted octanol–water partition coefficient (Wildman–Crippen LogP) is 2.22. The molecule has 1 aliphatic rings. The van der Waals surface area contributed by atoms with Crippen LogP contribution in [-0.2, 0) is 0 Å². The zero-order valence-electron chi connectivity index (χ0n) is 5.82. The minimum absolute atomic E-state index is 0. The van der Waals surface area contributed by atoms with Crippen LogP contribution in [0.4, 0.5) is 0 Å². The zero-order chi connectivity index (χ0) is 5.54. The molecule has 0 unspecified atom stereocenters. The second kappa shape index (κ2) is 10.7. The third-order valence-electron chi connectivity index (χ3n) is 1.07. The average molecular weight is 122 g/mol. The maximum absolute atomic E-state index is 3.25. The minimum atomic E-state index is 0. The average Bonchev–Trinajstić information content (AvgIpc) is 2.23. The van der Waals surface area contributed by atoms with Gasteiger partial charge in [0.05, 0.1) is 0 Å². The molecule has 1 aliphatic carbocycles. The SMILES string of the molecule is [CH-]1CCCC1.[CH2-]C.[Mg+2]. The summed E-state index contributed by atoms with van der Waals surface area (Å²) in [6.45, 7) is 5.00. The summed E-state index contributed by atoms with van der Waals surface area (Å²) >= 11 is 0. The first-order chi connectivity index (χ1) is 3.50. The smallest absolute Gasteiger partial charge is 0.346 e. The van der Waals surface area contributed by atoms with Gasteiger partial charge in [0.1, 0.15) is 0 Å². The summed E-state index contributed by atoms with van der Waals surface area (Å²) in [5.74, 6) is 0. The van der Waals surface area contributed by atoms with Crippen molar-refractivity contribution in [1.82, 2.24) is 0 Å². The van der Waals surface area contributed by atoms with Gasteiger partial charge in [0.25, 0.3) is 0 Å². The molecule has 0 spiro atoms. The normalized spacial score (nSPS) is 15.8. The van der Waals surface area contributed by atoms with Crippen LogP contribution in [0.3, 0.4) is 0 Å². The number of hydrogen-bond acceptors (Lipinski definition) is 0. The van der Waals surface area contributed by atoms with E-state index < -0.39 is 0 Å². The zero-order valence-corrected chi connectivity index (χ0v) is 7.23. The van der Waals surface area contributed by atoms with E-state index in [1.54, 1.807) is 6.92 Å². The first kappa shape index (κ1) is 11.5. The maximum atomic E-state index is 3.25. The molecular weight excluding hydrogens is 108 g/mol. The van der Waals surface area contributed by atoms with Crippen molar-refractivity contribution in [1.29, 1.82) is 0 Å². The van der Waals surface area contributed by atoms with Gasteiger partial charge in [-0.2, -0.15) is 19.8 Å². The fourth-order valence-corrected chi connectivity index (χ4v) is 0.722. The van der Waals surface area contributed by atoms with Crippen molar-refractivity contribution in [2.75, 3.05) is 0 Å². The molecule has 0 nitrogen and oxygen atoms in total. The summed E-state index contributed by atoms with van der Waals surface area (Å²) in [5, 5.41) is 0. The molecule has 0 radical (unpaired) electrons. The first-order valence-corrected chi connectivity index (χ1v) is 3.02. The molecule has 44 valence electrons. The van der Waals surface area contributed by atoms with Gasteiger partial charge in [-0.3, -0.25) is 0 Å². The molecule has 0 aromatic rings. The van der Waals surface area contributed by atoms with Gasteiger partial charge in [-0.25, -0.2) is 0 Å². The topological polar surface area (TPSA) is 0 Å².